The molecule has 2 rings (SSSR count). The third-order valence-corrected chi connectivity index (χ3v) is 3.28. The van der Waals surface area contributed by atoms with E-state index >= 15 is 0 Å². The molecule has 0 unspecified atom stereocenters. The number of aliphatic carboxylic acids is 1. The average molecular weight is 259 g/mol. The van der Waals surface area contributed by atoms with Crippen molar-refractivity contribution in [1.82, 2.24) is 5.32 Å². The normalized spacial score (nSPS) is 15.8. The Labute approximate surface area is 112 Å². The number of carbonyl (C=O) groups is 2. The number of carbonyl (C=O) groups excluding carboxylic acids is 1. The summed E-state index contributed by atoms with van der Waals surface area (Å²) in [5, 5.41) is 11.5. The van der Waals surface area contributed by atoms with Crippen LogP contribution in [-0.4, -0.2) is 23.0 Å². The monoisotopic (exact) mass is 259 g/mol. The number of amides is 1. The first-order chi connectivity index (χ1) is 9.15. The van der Waals surface area contributed by atoms with Crippen LogP contribution in [0.5, 0.6) is 0 Å². The third-order valence-electron chi connectivity index (χ3n) is 3.28. The molecule has 0 atom stereocenters. The second-order valence-corrected chi connectivity index (χ2v) is 4.75. The van der Waals surface area contributed by atoms with E-state index in [9.17, 15) is 9.59 Å². The maximum Gasteiger partial charge on any atom is 0.328 e. The van der Waals surface area contributed by atoms with Crippen LogP contribution in [-0.2, 0) is 4.79 Å². The van der Waals surface area contributed by atoms with E-state index in [1.165, 1.54) is 18.9 Å². The fraction of sp³-hybridized carbons (Fsp3) is 0.333. The lowest BCUT2D eigenvalue weighted by molar-refractivity contribution is -0.131. The topological polar surface area (TPSA) is 66.4 Å². The second-order valence-electron chi connectivity index (χ2n) is 4.75. The molecule has 0 aromatic heterocycles. The highest BCUT2D eigenvalue weighted by Gasteiger charge is 2.17. The lowest BCUT2D eigenvalue weighted by Crippen LogP contribution is -2.32. The molecule has 0 aliphatic heterocycles. The Kier molecular flexibility index (Phi) is 4.34. The molecule has 1 saturated carbocycles. The Morgan fingerprint density at radius 2 is 1.79 bits per heavy atom. The highest BCUT2D eigenvalue weighted by molar-refractivity contribution is 5.94. The van der Waals surface area contributed by atoms with E-state index < -0.39 is 5.97 Å². The number of rotatable bonds is 4. The van der Waals surface area contributed by atoms with Crippen LogP contribution in [0, 0.1) is 0 Å². The van der Waals surface area contributed by atoms with Gasteiger partial charge in [0.05, 0.1) is 0 Å². The van der Waals surface area contributed by atoms with Crippen molar-refractivity contribution in [2.24, 2.45) is 0 Å². The van der Waals surface area contributed by atoms with Crippen LogP contribution < -0.4 is 5.32 Å². The van der Waals surface area contributed by atoms with Crippen LogP contribution in [0.1, 0.15) is 41.6 Å². The number of hydrogen-bond donors (Lipinski definition) is 2. The molecule has 1 aromatic rings. The van der Waals surface area contributed by atoms with Crippen LogP contribution in [0.3, 0.4) is 0 Å². The van der Waals surface area contributed by atoms with Crippen molar-refractivity contribution in [1.29, 1.82) is 0 Å². The molecular weight excluding hydrogens is 242 g/mol. The Bertz CT molecular complexity index is 485. The highest BCUT2D eigenvalue weighted by Crippen LogP contribution is 2.18. The molecule has 4 heteroatoms. The SMILES string of the molecule is O=C(O)/C=C/c1ccc(C(=O)NC2CCCC2)cc1. The number of carboxylic acid groups (broad SMARTS) is 1. The van der Waals surface area contributed by atoms with E-state index in [4.69, 9.17) is 5.11 Å². The molecule has 0 spiro atoms. The van der Waals surface area contributed by atoms with Crippen LogP contribution in [0.25, 0.3) is 6.08 Å². The first-order valence-electron chi connectivity index (χ1n) is 6.47. The quantitative estimate of drug-likeness (QED) is 0.816. The van der Waals surface area contributed by atoms with Gasteiger partial charge in [-0.3, -0.25) is 4.79 Å². The van der Waals surface area contributed by atoms with Crippen molar-refractivity contribution in [2.75, 3.05) is 0 Å². The molecular formula is C15H17NO3. The number of carboxylic acids is 1. The van der Waals surface area contributed by atoms with Crippen molar-refractivity contribution in [3.63, 3.8) is 0 Å². The molecule has 0 heterocycles. The largest absolute Gasteiger partial charge is 0.478 e. The molecule has 19 heavy (non-hydrogen) atoms. The van der Waals surface area contributed by atoms with Gasteiger partial charge >= 0.3 is 5.97 Å². The third kappa shape index (κ3) is 3.95. The van der Waals surface area contributed by atoms with Crippen molar-refractivity contribution in [3.05, 3.63) is 41.5 Å². The van der Waals surface area contributed by atoms with E-state index in [-0.39, 0.29) is 5.91 Å². The zero-order chi connectivity index (χ0) is 13.7. The van der Waals surface area contributed by atoms with Gasteiger partial charge in [0.2, 0.25) is 0 Å². The lowest BCUT2D eigenvalue weighted by Gasteiger charge is -2.11. The zero-order valence-electron chi connectivity index (χ0n) is 10.6. The summed E-state index contributed by atoms with van der Waals surface area (Å²) < 4.78 is 0. The van der Waals surface area contributed by atoms with Crippen molar-refractivity contribution in [3.8, 4) is 0 Å². The summed E-state index contributed by atoms with van der Waals surface area (Å²) >= 11 is 0. The summed E-state index contributed by atoms with van der Waals surface area (Å²) in [6.45, 7) is 0. The van der Waals surface area contributed by atoms with Crippen molar-refractivity contribution in [2.45, 2.75) is 31.7 Å². The molecule has 1 aliphatic rings. The maximum absolute atomic E-state index is 12.0. The highest BCUT2D eigenvalue weighted by atomic mass is 16.4. The van der Waals surface area contributed by atoms with E-state index in [1.807, 2.05) is 0 Å². The van der Waals surface area contributed by atoms with E-state index in [0.29, 0.717) is 11.6 Å². The van der Waals surface area contributed by atoms with Gasteiger partial charge in [-0.15, -0.1) is 0 Å². The predicted octanol–water partition coefficient (Wildman–Crippen LogP) is 2.46. The van der Waals surface area contributed by atoms with Crippen molar-refractivity contribution < 1.29 is 14.7 Å². The van der Waals surface area contributed by atoms with Gasteiger partial charge in [0.15, 0.2) is 0 Å². The summed E-state index contributed by atoms with van der Waals surface area (Å²) in [5.74, 6) is -1.04. The number of nitrogens with one attached hydrogen (secondary N) is 1. The lowest BCUT2D eigenvalue weighted by atomic mass is 10.1. The molecule has 1 fully saturated rings. The van der Waals surface area contributed by atoms with Crippen LogP contribution in [0.15, 0.2) is 30.3 Å². The van der Waals surface area contributed by atoms with E-state index in [1.54, 1.807) is 24.3 Å². The summed E-state index contributed by atoms with van der Waals surface area (Å²) in [6, 6.07) is 7.21. The predicted molar refractivity (Wildman–Crippen MR) is 72.8 cm³/mol. The first kappa shape index (κ1) is 13.3. The second kappa shape index (κ2) is 6.18. The summed E-state index contributed by atoms with van der Waals surface area (Å²) in [7, 11) is 0. The fourth-order valence-corrected chi connectivity index (χ4v) is 2.25. The van der Waals surface area contributed by atoms with Gasteiger partial charge in [-0.1, -0.05) is 25.0 Å². The van der Waals surface area contributed by atoms with Gasteiger partial charge in [-0.2, -0.15) is 0 Å². The molecule has 0 saturated heterocycles. The minimum Gasteiger partial charge on any atom is -0.478 e. The maximum atomic E-state index is 12.0. The molecule has 0 bridgehead atoms. The summed E-state index contributed by atoms with van der Waals surface area (Å²) in [4.78, 5) is 22.3. The number of benzene rings is 1. The van der Waals surface area contributed by atoms with Gasteiger partial charge in [-0.25, -0.2) is 4.79 Å². The zero-order valence-corrected chi connectivity index (χ0v) is 10.6. The fourth-order valence-electron chi connectivity index (χ4n) is 2.25. The smallest absolute Gasteiger partial charge is 0.328 e. The van der Waals surface area contributed by atoms with E-state index in [0.717, 1.165) is 24.5 Å². The summed E-state index contributed by atoms with van der Waals surface area (Å²) in [6.07, 6.45) is 7.07. The van der Waals surface area contributed by atoms with Crippen LogP contribution in [0.2, 0.25) is 0 Å². The Balaban J connectivity index is 1.97. The molecule has 0 radical (unpaired) electrons. The van der Waals surface area contributed by atoms with Gasteiger partial charge < -0.3 is 10.4 Å². The molecule has 1 amide bonds. The molecule has 1 aromatic carbocycles. The van der Waals surface area contributed by atoms with Crippen molar-refractivity contribution >= 4 is 18.0 Å². The van der Waals surface area contributed by atoms with Gasteiger partial charge in [0, 0.05) is 17.7 Å². The van der Waals surface area contributed by atoms with Gasteiger partial charge in [0.25, 0.3) is 5.91 Å². The minimum absolute atomic E-state index is 0.0549. The van der Waals surface area contributed by atoms with Gasteiger partial charge in [-0.05, 0) is 36.6 Å². The minimum atomic E-state index is -0.983. The molecule has 4 nitrogen and oxygen atoms in total. The summed E-state index contributed by atoms with van der Waals surface area (Å²) in [5.41, 5.74) is 1.37. The van der Waals surface area contributed by atoms with Crippen LogP contribution in [0.4, 0.5) is 0 Å². The Hall–Kier alpha value is -2.10. The standard InChI is InChI=1S/C15H17NO3/c17-14(18)10-7-11-5-8-12(9-6-11)15(19)16-13-3-1-2-4-13/h5-10,13H,1-4H2,(H,16,19)(H,17,18)/b10-7+. The van der Waals surface area contributed by atoms with E-state index in [2.05, 4.69) is 5.32 Å². The number of hydrogen-bond acceptors (Lipinski definition) is 2. The molecule has 100 valence electrons. The first-order valence-corrected chi connectivity index (χ1v) is 6.47. The Morgan fingerprint density at radius 3 is 2.37 bits per heavy atom. The average Bonchev–Trinajstić information content (AvgIpc) is 2.89. The Morgan fingerprint density at radius 1 is 1.16 bits per heavy atom. The van der Waals surface area contributed by atoms with Gasteiger partial charge in [0.1, 0.15) is 0 Å². The van der Waals surface area contributed by atoms with Crippen LogP contribution >= 0.6 is 0 Å². The molecule has 2 N–H and O–H groups in total. The molecule has 1 aliphatic carbocycles.